The number of rotatable bonds is 5. The van der Waals surface area contributed by atoms with Gasteiger partial charge in [-0.15, -0.1) is 0 Å². The lowest BCUT2D eigenvalue weighted by molar-refractivity contribution is 0.0690. The first kappa shape index (κ1) is 13.7. The minimum Gasteiger partial charge on any atom is -0.476 e. The number of nitrogens with zero attached hydrogens (tertiary/aromatic N) is 3. The highest BCUT2D eigenvalue weighted by molar-refractivity contribution is 5.84. The second kappa shape index (κ2) is 6.47. The predicted octanol–water partition coefficient (Wildman–Crippen LogP) is 1.46. The van der Waals surface area contributed by atoms with Crippen molar-refractivity contribution >= 4 is 11.8 Å². The van der Waals surface area contributed by atoms with Gasteiger partial charge in [0.15, 0.2) is 5.69 Å². The smallest absolute Gasteiger partial charge is 0.356 e. The monoisotopic (exact) mass is 264 g/mol. The van der Waals surface area contributed by atoms with Crippen LogP contribution in [-0.4, -0.2) is 51.6 Å². The molecule has 0 amide bonds. The molecule has 1 fully saturated rings. The molecule has 1 aromatic heterocycles. The fourth-order valence-electron chi connectivity index (χ4n) is 2.46. The molecule has 1 aliphatic heterocycles. The Morgan fingerprint density at radius 1 is 1.47 bits per heavy atom. The van der Waals surface area contributed by atoms with Gasteiger partial charge in [-0.25, -0.2) is 14.8 Å². The van der Waals surface area contributed by atoms with Gasteiger partial charge in [0.25, 0.3) is 0 Å². The summed E-state index contributed by atoms with van der Waals surface area (Å²) in [6.45, 7) is 5.23. The molecule has 104 valence electrons. The molecule has 19 heavy (non-hydrogen) atoms. The van der Waals surface area contributed by atoms with Crippen molar-refractivity contribution in [2.45, 2.75) is 32.2 Å². The van der Waals surface area contributed by atoms with E-state index in [0.29, 0.717) is 11.9 Å². The molecule has 0 radical (unpaired) electrons. The Labute approximate surface area is 112 Å². The fourth-order valence-corrected chi connectivity index (χ4v) is 2.46. The Morgan fingerprint density at radius 3 is 2.95 bits per heavy atom. The number of hydrogen-bond acceptors (Lipinski definition) is 5. The SMILES string of the molecule is CCN1CCCCC1CNc1cnc(C(=O)O)cn1. The first-order chi connectivity index (χ1) is 9.20. The number of likely N-dealkylation sites (N-methyl/N-ethyl adjacent to an activating group) is 1. The van der Waals surface area contributed by atoms with Crippen LogP contribution in [0.25, 0.3) is 0 Å². The molecular formula is C13H20N4O2. The Hall–Kier alpha value is -1.69. The van der Waals surface area contributed by atoms with Gasteiger partial charge >= 0.3 is 5.97 Å². The second-order valence-corrected chi connectivity index (χ2v) is 4.75. The highest BCUT2D eigenvalue weighted by Gasteiger charge is 2.20. The summed E-state index contributed by atoms with van der Waals surface area (Å²) in [6, 6.07) is 0.528. The van der Waals surface area contributed by atoms with Gasteiger partial charge in [-0.1, -0.05) is 13.3 Å². The van der Waals surface area contributed by atoms with Crippen LogP contribution in [0.4, 0.5) is 5.82 Å². The third kappa shape index (κ3) is 3.64. The molecule has 1 aliphatic rings. The van der Waals surface area contributed by atoms with Crippen LogP contribution in [0.1, 0.15) is 36.7 Å². The van der Waals surface area contributed by atoms with Crippen molar-refractivity contribution in [3.8, 4) is 0 Å². The van der Waals surface area contributed by atoms with Gasteiger partial charge in [0.1, 0.15) is 5.82 Å². The minimum absolute atomic E-state index is 0.0293. The van der Waals surface area contributed by atoms with E-state index in [1.807, 2.05) is 0 Å². The Balaban J connectivity index is 1.88. The summed E-state index contributed by atoms with van der Waals surface area (Å²) in [5, 5.41) is 12.0. The molecule has 0 spiro atoms. The summed E-state index contributed by atoms with van der Waals surface area (Å²) in [5.41, 5.74) is -0.0293. The number of nitrogens with one attached hydrogen (secondary N) is 1. The van der Waals surface area contributed by atoms with Crippen molar-refractivity contribution in [3.05, 3.63) is 18.1 Å². The van der Waals surface area contributed by atoms with Crippen LogP contribution in [0.5, 0.6) is 0 Å². The van der Waals surface area contributed by atoms with E-state index in [1.165, 1.54) is 31.7 Å². The zero-order chi connectivity index (χ0) is 13.7. The van der Waals surface area contributed by atoms with Crippen molar-refractivity contribution in [2.75, 3.05) is 25.0 Å². The molecule has 2 rings (SSSR count). The summed E-state index contributed by atoms with van der Waals surface area (Å²) in [4.78, 5) is 21.0. The molecule has 2 N–H and O–H groups in total. The maximum absolute atomic E-state index is 10.7. The minimum atomic E-state index is -1.05. The van der Waals surface area contributed by atoms with Gasteiger partial charge < -0.3 is 10.4 Å². The van der Waals surface area contributed by atoms with Crippen LogP contribution in [0.3, 0.4) is 0 Å². The summed E-state index contributed by atoms with van der Waals surface area (Å²) in [5.74, 6) is -0.421. The number of carbonyl (C=O) groups is 1. The first-order valence-electron chi connectivity index (χ1n) is 6.74. The van der Waals surface area contributed by atoms with Crippen molar-refractivity contribution in [1.82, 2.24) is 14.9 Å². The van der Waals surface area contributed by atoms with Crippen LogP contribution >= 0.6 is 0 Å². The number of likely N-dealkylation sites (tertiary alicyclic amines) is 1. The summed E-state index contributed by atoms with van der Waals surface area (Å²) < 4.78 is 0. The van der Waals surface area contributed by atoms with E-state index < -0.39 is 5.97 Å². The summed E-state index contributed by atoms with van der Waals surface area (Å²) >= 11 is 0. The molecule has 1 aromatic rings. The molecule has 2 heterocycles. The Morgan fingerprint density at radius 2 is 2.32 bits per heavy atom. The lowest BCUT2D eigenvalue weighted by atomic mass is 10.0. The number of aromatic nitrogens is 2. The fraction of sp³-hybridized carbons (Fsp3) is 0.615. The predicted molar refractivity (Wildman–Crippen MR) is 72.4 cm³/mol. The molecule has 0 aromatic carbocycles. The third-order valence-corrected chi connectivity index (χ3v) is 3.55. The van der Waals surface area contributed by atoms with Crippen LogP contribution in [0, 0.1) is 0 Å². The largest absolute Gasteiger partial charge is 0.476 e. The number of piperidine rings is 1. The highest BCUT2D eigenvalue weighted by Crippen LogP contribution is 2.16. The maximum atomic E-state index is 10.7. The van der Waals surface area contributed by atoms with Gasteiger partial charge in [0.2, 0.25) is 0 Å². The number of carboxylic acids is 1. The zero-order valence-electron chi connectivity index (χ0n) is 11.2. The van der Waals surface area contributed by atoms with Crippen molar-refractivity contribution in [1.29, 1.82) is 0 Å². The van der Waals surface area contributed by atoms with E-state index >= 15 is 0 Å². The molecule has 1 unspecified atom stereocenters. The van der Waals surface area contributed by atoms with E-state index in [2.05, 4.69) is 27.1 Å². The van der Waals surface area contributed by atoms with Crippen molar-refractivity contribution < 1.29 is 9.90 Å². The maximum Gasteiger partial charge on any atom is 0.356 e. The average molecular weight is 264 g/mol. The topological polar surface area (TPSA) is 78.4 Å². The number of hydrogen-bond donors (Lipinski definition) is 2. The molecule has 6 nitrogen and oxygen atoms in total. The van der Waals surface area contributed by atoms with E-state index in [9.17, 15) is 4.79 Å². The quantitative estimate of drug-likeness (QED) is 0.838. The molecule has 1 saturated heterocycles. The van der Waals surface area contributed by atoms with E-state index in [4.69, 9.17) is 5.11 Å². The third-order valence-electron chi connectivity index (χ3n) is 3.55. The van der Waals surface area contributed by atoms with Gasteiger partial charge in [-0.05, 0) is 25.9 Å². The van der Waals surface area contributed by atoms with Crippen LogP contribution in [0.2, 0.25) is 0 Å². The lowest BCUT2D eigenvalue weighted by Gasteiger charge is -2.34. The van der Waals surface area contributed by atoms with E-state index in [0.717, 1.165) is 19.6 Å². The number of aromatic carboxylic acids is 1. The van der Waals surface area contributed by atoms with Gasteiger partial charge in [-0.3, -0.25) is 4.90 Å². The average Bonchev–Trinajstić information content (AvgIpc) is 2.45. The van der Waals surface area contributed by atoms with Crippen LogP contribution < -0.4 is 5.32 Å². The van der Waals surface area contributed by atoms with Gasteiger partial charge in [0.05, 0.1) is 12.4 Å². The Kier molecular flexibility index (Phi) is 4.68. The summed E-state index contributed by atoms with van der Waals surface area (Å²) in [7, 11) is 0. The highest BCUT2D eigenvalue weighted by atomic mass is 16.4. The second-order valence-electron chi connectivity index (χ2n) is 4.75. The molecule has 6 heteroatoms. The Bertz CT molecular complexity index is 421. The molecule has 0 saturated carbocycles. The standard InChI is InChI=1S/C13H20N4O2/c1-2-17-6-4-3-5-10(17)7-15-12-9-14-11(8-16-12)13(18)19/h8-10H,2-7H2,1H3,(H,15,16)(H,18,19). The van der Waals surface area contributed by atoms with E-state index in [1.54, 1.807) is 0 Å². The van der Waals surface area contributed by atoms with Crippen LogP contribution in [-0.2, 0) is 0 Å². The molecule has 1 atom stereocenters. The van der Waals surface area contributed by atoms with Gasteiger partial charge in [0, 0.05) is 12.6 Å². The number of anilines is 1. The normalized spacial score (nSPS) is 20.2. The van der Waals surface area contributed by atoms with Crippen molar-refractivity contribution in [3.63, 3.8) is 0 Å². The first-order valence-corrected chi connectivity index (χ1v) is 6.74. The van der Waals surface area contributed by atoms with Gasteiger partial charge in [-0.2, -0.15) is 0 Å². The molecule has 0 aliphatic carbocycles. The zero-order valence-corrected chi connectivity index (χ0v) is 11.2. The molecule has 0 bridgehead atoms. The van der Waals surface area contributed by atoms with Crippen LogP contribution in [0.15, 0.2) is 12.4 Å². The van der Waals surface area contributed by atoms with Crippen molar-refractivity contribution in [2.24, 2.45) is 0 Å². The lowest BCUT2D eigenvalue weighted by Crippen LogP contribution is -2.43. The van der Waals surface area contributed by atoms with E-state index in [-0.39, 0.29) is 5.69 Å². The number of carboxylic acid groups (broad SMARTS) is 1. The molecular weight excluding hydrogens is 244 g/mol. The summed E-state index contributed by atoms with van der Waals surface area (Å²) in [6.07, 6.45) is 6.50.